The number of carbonyl (C=O) groups is 1. The van der Waals surface area contributed by atoms with Crippen molar-refractivity contribution in [3.05, 3.63) is 35.9 Å². The minimum atomic E-state index is 0.0230. The first-order valence-electron chi connectivity index (χ1n) is 4.08. The molecule has 0 unspecified atom stereocenters. The lowest BCUT2D eigenvalue weighted by Crippen LogP contribution is -1.96. The first-order valence-corrected chi connectivity index (χ1v) is 4.08. The third-order valence-electron chi connectivity index (χ3n) is 1.85. The van der Waals surface area contributed by atoms with Crippen LogP contribution in [0.5, 0.6) is 0 Å². The molecule has 2 nitrogen and oxygen atoms in total. The van der Waals surface area contributed by atoms with Gasteiger partial charge in [0, 0.05) is 11.3 Å². The highest BCUT2D eigenvalue weighted by Crippen LogP contribution is 2.18. The second-order valence-electron chi connectivity index (χ2n) is 3.18. The molecule has 2 N–H and O–H groups in total. The topological polar surface area (TPSA) is 43.1 Å². The van der Waals surface area contributed by atoms with E-state index < -0.39 is 0 Å². The third-order valence-corrected chi connectivity index (χ3v) is 1.85. The van der Waals surface area contributed by atoms with Gasteiger partial charge in [0.15, 0.2) is 5.78 Å². The molecule has 0 aromatic heterocycles. The van der Waals surface area contributed by atoms with Crippen LogP contribution in [0.3, 0.4) is 0 Å². The predicted molar refractivity (Wildman–Crippen MR) is 55.6 cm³/mol. The van der Waals surface area contributed by atoms with E-state index in [1.54, 1.807) is 12.1 Å². The predicted octanol–water partition coefficient (Wildman–Crippen LogP) is 2.50. The molecule has 0 aliphatic heterocycles. The fraction of sp³-hybridized carbons (Fsp3) is 0.182. The van der Waals surface area contributed by atoms with Crippen molar-refractivity contribution in [2.45, 2.75) is 13.8 Å². The minimum absolute atomic E-state index is 0.0230. The Bertz CT molecular complexity index is 334. The van der Waals surface area contributed by atoms with E-state index in [4.69, 9.17) is 5.73 Å². The Kier molecular flexibility index (Phi) is 2.52. The molecule has 68 valence electrons. The van der Waals surface area contributed by atoms with Gasteiger partial charge in [-0.05, 0) is 37.6 Å². The Balaban J connectivity index is 3.26. The van der Waals surface area contributed by atoms with Gasteiger partial charge >= 0.3 is 0 Å². The number of hydrogen-bond donors (Lipinski definition) is 1. The molecule has 2 heteroatoms. The van der Waals surface area contributed by atoms with Crippen molar-refractivity contribution in [1.82, 2.24) is 0 Å². The van der Waals surface area contributed by atoms with E-state index in [0.29, 0.717) is 11.3 Å². The zero-order valence-electron chi connectivity index (χ0n) is 7.92. The Morgan fingerprint density at radius 2 is 1.77 bits per heavy atom. The Hall–Kier alpha value is -1.57. The van der Waals surface area contributed by atoms with Crippen molar-refractivity contribution >= 4 is 17.0 Å². The highest BCUT2D eigenvalue weighted by atomic mass is 16.1. The summed E-state index contributed by atoms with van der Waals surface area (Å²) in [4.78, 5) is 11.1. The maximum absolute atomic E-state index is 11.1. The van der Waals surface area contributed by atoms with E-state index in [0.717, 1.165) is 11.1 Å². The van der Waals surface area contributed by atoms with Crippen LogP contribution in [-0.4, -0.2) is 5.78 Å². The van der Waals surface area contributed by atoms with Crippen molar-refractivity contribution in [2.75, 3.05) is 5.73 Å². The molecule has 0 aliphatic carbocycles. The van der Waals surface area contributed by atoms with Crippen molar-refractivity contribution in [3.63, 3.8) is 0 Å². The van der Waals surface area contributed by atoms with Crippen LogP contribution in [0.1, 0.15) is 29.8 Å². The van der Waals surface area contributed by atoms with Crippen molar-refractivity contribution in [2.24, 2.45) is 0 Å². The van der Waals surface area contributed by atoms with Crippen LogP contribution >= 0.6 is 0 Å². The first-order chi connectivity index (χ1) is 6.00. The van der Waals surface area contributed by atoms with Crippen LogP contribution in [0.4, 0.5) is 5.69 Å². The van der Waals surface area contributed by atoms with E-state index in [1.165, 1.54) is 6.92 Å². The quantitative estimate of drug-likeness (QED) is 0.554. The van der Waals surface area contributed by atoms with Crippen LogP contribution in [0.2, 0.25) is 0 Å². The molecule has 0 heterocycles. The summed E-state index contributed by atoms with van der Waals surface area (Å²) in [7, 11) is 0. The van der Waals surface area contributed by atoms with Gasteiger partial charge < -0.3 is 5.73 Å². The van der Waals surface area contributed by atoms with Gasteiger partial charge in [-0.3, -0.25) is 4.79 Å². The van der Waals surface area contributed by atoms with Gasteiger partial charge in [-0.1, -0.05) is 12.2 Å². The number of Topliss-reactive ketones (excluding diaryl/α,β-unsaturated/α-hetero) is 1. The lowest BCUT2D eigenvalue weighted by atomic mass is 10.0. The number of allylic oxidation sites excluding steroid dienone is 1. The molecule has 1 aromatic carbocycles. The van der Waals surface area contributed by atoms with Crippen LogP contribution < -0.4 is 5.73 Å². The fourth-order valence-electron chi connectivity index (χ4n) is 1.10. The molecule has 0 atom stereocenters. The summed E-state index contributed by atoms with van der Waals surface area (Å²) in [5.74, 6) is 0.0230. The molecular weight excluding hydrogens is 162 g/mol. The summed E-state index contributed by atoms with van der Waals surface area (Å²) in [6.45, 7) is 7.21. The van der Waals surface area contributed by atoms with Gasteiger partial charge in [0.25, 0.3) is 0 Å². The summed E-state index contributed by atoms with van der Waals surface area (Å²) in [5.41, 5.74) is 8.71. The lowest BCUT2D eigenvalue weighted by Gasteiger charge is -2.04. The number of benzene rings is 1. The molecule has 0 aliphatic rings. The largest absolute Gasteiger partial charge is 0.399 e. The Labute approximate surface area is 78.1 Å². The number of ketones is 1. The first kappa shape index (κ1) is 9.52. The van der Waals surface area contributed by atoms with E-state index in [9.17, 15) is 4.79 Å². The summed E-state index contributed by atoms with van der Waals surface area (Å²) < 4.78 is 0. The van der Waals surface area contributed by atoms with Crippen molar-refractivity contribution in [1.29, 1.82) is 0 Å². The number of nitrogens with two attached hydrogens (primary N) is 1. The standard InChI is InChI=1S/C11H13NO/c1-7(2)9-4-10(8(3)13)6-11(12)5-9/h4-6H,1,12H2,2-3H3. The minimum Gasteiger partial charge on any atom is -0.399 e. The SMILES string of the molecule is C=C(C)c1cc(N)cc(C(C)=O)c1. The molecule has 1 rings (SSSR count). The highest BCUT2D eigenvalue weighted by molar-refractivity contribution is 5.95. The van der Waals surface area contributed by atoms with Crippen molar-refractivity contribution < 1.29 is 4.79 Å². The average Bonchev–Trinajstić information content (AvgIpc) is 2.03. The van der Waals surface area contributed by atoms with Crippen LogP contribution in [0.15, 0.2) is 24.8 Å². The van der Waals surface area contributed by atoms with Crippen LogP contribution in [-0.2, 0) is 0 Å². The average molecular weight is 175 g/mol. The molecule has 0 fully saturated rings. The van der Waals surface area contributed by atoms with Gasteiger partial charge in [0.1, 0.15) is 0 Å². The van der Waals surface area contributed by atoms with Gasteiger partial charge in [-0.15, -0.1) is 0 Å². The number of carbonyl (C=O) groups excluding carboxylic acids is 1. The van der Waals surface area contributed by atoms with E-state index in [2.05, 4.69) is 6.58 Å². The highest BCUT2D eigenvalue weighted by Gasteiger charge is 2.03. The molecular formula is C11H13NO. The second kappa shape index (κ2) is 3.44. The molecule has 0 spiro atoms. The summed E-state index contributed by atoms with van der Waals surface area (Å²) >= 11 is 0. The molecule has 0 saturated heterocycles. The monoisotopic (exact) mass is 175 g/mol. The third kappa shape index (κ3) is 2.18. The summed E-state index contributed by atoms with van der Waals surface area (Å²) in [6, 6.07) is 5.30. The number of hydrogen-bond acceptors (Lipinski definition) is 2. The second-order valence-corrected chi connectivity index (χ2v) is 3.18. The number of nitrogen functional groups attached to an aromatic ring is 1. The van der Waals surface area contributed by atoms with Gasteiger partial charge in [-0.2, -0.15) is 0 Å². The molecule has 0 saturated carbocycles. The van der Waals surface area contributed by atoms with E-state index >= 15 is 0 Å². The van der Waals surface area contributed by atoms with E-state index in [1.807, 2.05) is 13.0 Å². The van der Waals surface area contributed by atoms with Gasteiger partial charge in [0.05, 0.1) is 0 Å². The molecule has 13 heavy (non-hydrogen) atoms. The molecule has 0 amide bonds. The maximum atomic E-state index is 11.1. The Morgan fingerprint density at radius 1 is 1.23 bits per heavy atom. The zero-order valence-corrected chi connectivity index (χ0v) is 7.92. The zero-order chi connectivity index (χ0) is 10.0. The normalized spacial score (nSPS) is 9.69. The smallest absolute Gasteiger partial charge is 0.159 e. The van der Waals surface area contributed by atoms with Gasteiger partial charge in [0.2, 0.25) is 0 Å². The summed E-state index contributed by atoms with van der Waals surface area (Å²) in [5, 5.41) is 0. The van der Waals surface area contributed by atoms with E-state index in [-0.39, 0.29) is 5.78 Å². The molecule has 1 aromatic rings. The van der Waals surface area contributed by atoms with Crippen LogP contribution in [0, 0.1) is 0 Å². The summed E-state index contributed by atoms with van der Waals surface area (Å²) in [6.07, 6.45) is 0. The fourth-order valence-corrected chi connectivity index (χ4v) is 1.10. The number of anilines is 1. The van der Waals surface area contributed by atoms with Crippen LogP contribution in [0.25, 0.3) is 5.57 Å². The molecule has 0 radical (unpaired) electrons. The molecule has 0 bridgehead atoms. The lowest BCUT2D eigenvalue weighted by molar-refractivity contribution is 0.101. The van der Waals surface area contributed by atoms with Crippen molar-refractivity contribution in [3.8, 4) is 0 Å². The Morgan fingerprint density at radius 3 is 2.23 bits per heavy atom. The number of rotatable bonds is 2. The maximum Gasteiger partial charge on any atom is 0.159 e. The van der Waals surface area contributed by atoms with Gasteiger partial charge in [-0.25, -0.2) is 0 Å².